The third-order valence-corrected chi connectivity index (χ3v) is 7.38. The zero-order valence-corrected chi connectivity index (χ0v) is 20.5. The fourth-order valence-corrected chi connectivity index (χ4v) is 5.22. The highest BCUT2D eigenvalue weighted by atomic mass is 35.5. The van der Waals surface area contributed by atoms with E-state index in [4.69, 9.17) is 11.6 Å². The smallest absolute Gasteiger partial charge is 0.223 e. The van der Waals surface area contributed by atoms with Crippen LogP contribution in [0.15, 0.2) is 42.5 Å². The first-order chi connectivity index (χ1) is 15.9. The predicted molar refractivity (Wildman–Crippen MR) is 133 cm³/mol. The highest BCUT2D eigenvalue weighted by Gasteiger charge is 2.26. The minimum absolute atomic E-state index is 0.00729. The van der Waals surface area contributed by atoms with Crippen LogP contribution in [0.2, 0.25) is 5.02 Å². The summed E-state index contributed by atoms with van der Waals surface area (Å²) < 4.78 is 14.1. The molecule has 2 aliphatic rings. The first-order valence-corrected chi connectivity index (χ1v) is 12.6. The SMILES string of the molecule is C[C@H]1CCCN(c2ccc([C@@H](C)NC(=O)C3CCN(Cc4ccc(Cl)cc4F)CC3)cc2)C1. The lowest BCUT2D eigenvalue weighted by Gasteiger charge is -2.33. The van der Waals surface area contributed by atoms with Crippen LogP contribution in [0.25, 0.3) is 0 Å². The number of nitrogens with one attached hydrogen (secondary N) is 1. The Bertz CT molecular complexity index is 943. The maximum absolute atomic E-state index is 14.1. The number of carbonyl (C=O) groups excluding carboxylic acids is 1. The molecule has 2 saturated heterocycles. The number of nitrogens with zero attached hydrogens (tertiary/aromatic N) is 2. The van der Waals surface area contributed by atoms with Gasteiger partial charge in [0.05, 0.1) is 6.04 Å². The number of hydrogen-bond acceptors (Lipinski definition) is 3. The molecule has 2 heterocycles. The zero-order chi connectivity index (χ0) is 23.4. The Hall–Kier alpha value is -2.11. The number of halogens is 2. The second kappa shape index (κ2) is 10.9. The molecule has 0 aliphatic carbocycles. The van der Waals surface area contributed by atoms with Gasteiger partial charge in [-0.15, -0.1) is 0 Å². The molecular weight excluding hydrogens is 437 g/mol. The van der Waals surface area contributed by atoms with E-state index in [-0.39, 0.29) is 23.7 Å². The summed E-state index contributed by atoms with van der Waals surface area (Å²) in [6, 6.07) is 13.5. The van der Waals surface area contributed by atoms with Crippen molar-refractivity contribution in [3.63, 3.8) is 0 Å². The molecule has 0 spiro atoms. The summed E-state index contributed by atoms with van der Waals surface area (Å²) in [6.45, 7) is 8.74. The van der Waals surface area contributed by atoms with E-state index < -0.39 is 0 Å². The van der Waals surface area contributed by atoms with Gasteiger partial charge in [0.2, 0.25) is 5.91 Å². The number of rotatable bonds is 6. The van der Waals surface area contributed by atoms with Crippen LogP contribution in [-0.2, 0) is 11.3 Å². The van der Waals surface area contributed by atoms with Crippen molar-refractivity contribution in [2.45, 2.75) is 52.1 Å². The van der Waals surface area contributed by atoms with Gasteiger partial charge < -0.3 is 10.2 Å². The van der Waals surface area contributed by atoms with Crippen molar-refractivity contribution < 1.29 is 9.18 Å². The van der Waals surface area contributed by atoms with Crippen molar-refractivity contribution in [2.24, 2.45) is 11.8 Å². The minimum Gasteiger partial charge on any atom is -0.371 e. The molecule has 2 atom stereocenters. The molecule has 0 bridgehead atoms. The van der Waals surface area contributed by atoms with E-state index in [1.54, 1.807) is 12.1 Å². The van der Waals surface area contributed by atoms with Crippen molar-refractivity contribution >= 4 is 23.2 Å². The molecular formula is C27H35ClFN3O. The molecule has 2 fully saturated rings. The lowest BCUT2D eigenvalue weighted by molar-refractivity contribution is -0.127. The molecule has 2 aromatic rings. The average Bonchev–Trinajstić information content (AvgIpc) is 2.81. The van der Waals surface area contributed by atoms with Crippen molar-refractivity contribution in [3.8, 4) is 0 Å². The number of hydrogen-bond donors (Lipinski definition) is 1. The van der Waals surface area contributed by atoms with Crippen LogP contribution < -0.4 is 10.2 Å². The maximum Gasteiger partial charge on any atom is 0.223 e. The number of anilines is 1. The fraction of sp³-hybridized carbons (Fsp3) is 0.519. The normalized spacial score (nSPS) is 21.1. The van der Waals surface area contributed by atoms with Gasteiger partial charge in [0.25, 0.3) is 0 Å². The molecule has 2 aliphatic heterocycles. The van der Waals surface area contributed by atoms with Crippen LogP contribution in [-0.4, -0.2) is 37.0 Å². The largest absolute Gasteiger partial charge is 0.371 e. The summed E-state index contributed by atoms with van der Waals surface area (Å²) in [7, 11) is 0. The van der Waals surface area contributed by atoms with Crippen molar-refractivity contribution in [1.82, 2.24) is 10.2 Å². The van der Waals surface area contributed by atoms with Crippen molar-refractivity contribution in [2.75, 3.05) is 31.1 Å². The molecule has 0 saturated carbocycles. The monoisotopic (exact) mass is 471 g/mol. The number of carbonyl (C=O) groups is 1. The molecule has 1 N–H and O–H groups in total. The quantitative estimate of drug-likeness (QED) is 0.577. The van der Waals surface area contributed by atoms with Crippen LogP contribution in [0.1, 0.15) is 56.7 Å². The van der Waals surface area contributed by atoms with Crippen molar-refractivity contribution in [1.29, 1.82) is 0 Å². The van der Waals surface area contributed by atoms with Gasteiger partial charge in [-0.25, -0.2) is 4.39 Å². The van der Waals surface area contributed by atoms with E-state index in [2.05, 4.69) is 46.3 Å². The maximum atomic E-state index is 14.1. The average molecular weight is 472 g/mol. The topological polar surface area (TPSA) is 35.6 Å². The summed E-state index contributed by atoms with van der Waals surface area (Å²) in [6.07, 6.45) is 4.15. The Kier molecular flexibility index (Phi) is 7.92. The van der Waals surface area contributed by atoms with E-state index in [0.717, 1.165) is 50.5 Å². The Morgan fingerprint density at radius 2 is 1.85 bits per heavy atom. The number of piperidine rings is 2. The van der Waals surface area contributed by atoms with Gasteiger partial charge in [-0.1, -0.05) is 36.7 Å². The van der Waals surface area contributed by atoms with Gasteiger partial charge in [0.1, 0.15) is 5.82 Å². The van der Waals surface area contributed by atoms with Crippen LogP contribution in [0, 0.1) is 17.7 Å². The van der Waals surface area contributed by atoms with Crippen LogP contribution in [0.4, 0.5) is 10.1 Å². The molecule has 1 amide bonds. The summed E-state index contributed by atoms with van der Waals surface area (Å²) >= 11 is 5.85. The highest BCUT2D eigenvalue weighted by molar-refractivity contribution is 6.30. The second-order valence-electron chi connectivity index (χ2n) is 9.80. The highest BCUT2D eigenvalue weighted by Crippen LogP contribution is 2.26. The van der Waals surface area contributed by atoms with E-state index in [0.29, 0.717) is 17.1 Å². The van der Waals surface area contributed by atoms with E-state index >= 15 is 0 Å². The van der Waals surface area contributed by atoms with Crippen LogP contribution in [0.5, 0.6) is 0 Å². The lowest BCUT2D eigenvalue weighted by atomic mass is 9.94. The summed E-state index contributed by atoms with van der Waals surface area (Å²) in [5.41, 5.74) is 3.06. The van der Waals surface area contributed by atoms with E-state index in [9.17, 15) is 9.18 Å². The van der Waals surface area contributed by atoms with Gasteiger partial charge in [-0.05, 0) is 81.4 Å². The zero-order valence-electron chi connectivity index (χ0n) is 19.7. The molecule has 0 radical (unpaired) electrons. The van der Waals surface area contributed by atoms with Gasteiger partial charge in [-0.2, -0.15) is 0 Å². The van der Waals surface area contributed by atoms with E-state index in [1.165, 1.54) is 24.6 Å². The first-order valence-electron chi connectivity index (χ1n) is 12.2. The second-order valence-corrected chi connectivity index (χ2v) is 10.2. The van der Waals surface area contributed by atoms with Crippen LogP contribution >= 0.6 is 11.6 Å². The van der Waals surface area contributed by atoms with Gasteiger partial charge in [0.15, 0.2) is 0 Å². The number of likely N-dealkylation sites (tertiary alicyclic amines) is 1. The molecule has 33 heavy (non-hydrogen) atoms. The Morgan fingerprint density at radius 3 is 2.52 bits per heavy atom. The molecule has 0 unspecified atom stereocenters. The fourth-order valence-electron chi connectivity index (χ4n) is 5.06. The van der Waals surface area contributed by atoms with Gasteiger partial charge >= 0.3 is 0 Å². The molecule has 2 aromatic carbocycles. The standard InChI is InChI=1S/C27H35ClFN3O/c1-19-4-3-13-32(17-19)25-9-6-21(7-10-25)20(2)30-27(33)22-11-14-31(15-12-22)18-23-5-8-24(28)16-26(23)29/h5-10,16,19-20,22H,3-4,11-15,17-18H2,1-2H3,(H,30,33)/t19-,20+/m0/s1. The molecule has 178 valence electrons. The third-order valence-electron chi connectivity index (χ3n) is 7.14. The molecule has 4 rings (SSSR count). The number of amides is 1. The summed E-state index contributed by atoms with van der Waals surface area (Å²) in [5, 5.41) is 3.62. The molecule has 0 aromatic heterocycles. The summed E-state index contributed by atoms with van der Waals surface area (Å²) in [4.78, 5) is 17.5. The minimum atomic E-state index is -0.267. The van der Waals surface area contributed by atoms with Gasteiger partial charge in [0, 0.05) is 41.8 Å². The molecule has 6 heteroatoms. The number of benzene rings is 2. The van der Waals surface area contributed by atoms with Gasteiger partial charge in [-0.3, -0.25) is 9.69 Å². The van der Waals surface area contributed by atoms with Crippen molar-refractivity contribution in [3.05, 3.63) is 64.4 Å². The molecule has 4 nitrogen and oxygen atoms in total. The Morgan fingerprint density at radius 1 is 1.12 bits per heavy atom. The third kappa shape index (κ3) is 6.27. The summed E-state index contributed by atoms with van der Waals surface area (Å²) in [5.74, 6) is 0.604. The Labute approximate surface area is 202 Å². The predicted octanol–water partition coefficient (Wildman–Crippen LogP) is 5.80. The van der Waals surface area contributed by atoms with E-state index in [1.807, 2.05) is 6.92 Å². The lowest BCUT2D eigenvalue weighted by Crippen LogP contribution is -2.41. The van der Waals surface area contributed by atoms with Crippen LogP contribution in [0.3, 0.4) is 0 Å². The first kappa shape index (κ1) is 24.0. The Balaban J connectivity index is 1.25.